The van der Waals surface area contributed by atoms with Gasteiger partial charge in [0.25, 0.3) is 5.91 Å². The molecule has 0 bridgehead atoms. The van der Waals surface area contributed by atoms with Gasteiger partial charge in [0, 0.05) is 7.05 Å². The van der Waals surface area contributed by atoms with Gasteiger partial charge in [-0.2, -0.15) is 5.10 Å². The Bertz CT molecular complexity index is 836. The van der Waals surface area contributed by atoms with Crippen LogP contribution in [0.4, 0.5) is 10.3 Å². The molecule has 23 heavy (non-hydrogen) atoms. The van der Waals surface area contributed by atoms with Crippen LogP contribution in [0.3, 0.4) is 0 Å². The lowest BCUT2D eigenvalue weighted by atomic mass is 10.2. The van der Waals surface area contributed by atoms with Gasteiger partial charge in [-0.15, -0.1) is 5.10 Å². The zero-order valence-electron chi connectivity index (χ0n) is 12.7. The maximum absolute atomic E-state index is 12.9. The molecule has 118 valence electrons. The number of halogens is 1. The van der Waals surface area contributed by atoms with E-state index < -0.39 is 0 Å². The number of amides is 1. The van der Waals surface area contributed by atoms with Crippen LogP contribution in [0.1, 0.15) is 21.7 Å². The lowest BCUT2D eigenvalue weighted by molar-refractivity contribution is 0.101. The second kappa shape index (κ2) is 5.99. The third kappa shape index (κ3) is 3.42. The number of benzene rings is 1. The van der Waals surface area contributed by atoms with Crippen LogP contribution in [0, 0.1) is 12.7 Å². The number of nitrogens with zero attached hydrogens (tertiary/aromatic N) is 5. The highest BCUT2D eigenvalue weighted by molar-refractivity contribution is 6.02. The van der Waals surface area contributed by atoms with Crippen LogP contribution in [-0.2, 0) is 13.6 Å². The van der Waals surface area contributed by atoms with E-state index in [1.165, 1.54) is 23.1 Å². The fourth-order valence-corrected chi connectivity index (χ4v) is 2.19. The SMILES string of the molecule is Cc1cc(C(=O)Nc2ncn(Cc3ccc(F)cc3)n2)n(C)n1. The van der Waals surface area contributed by atoms with Crippen LogP contribution in [0.5, 0.6) is 0 Å². The average Bonchev–Trinajstić information content (AvgIpc) is 3.07. The molecule has 2 heterocycles. The molecule has 3 aromatic rings. The molecule has 7 nitrogen and oxygen atoms in total. The Morgan fingerprint density at radius 2 is 2.00 bits per heavy atom. The molecule has 0 unspecified atom stereocenters. The standard InChI is InChI=1S/C15H15FN6O/c1-10-7-13(21(2)19-10)14(23)18-15-17-9-22(20-15)8-11-3-5-12(16)6-4-11/h3-7,9H,8H2,1-2H3,(H,18,20,23). The third-order valence-corrected chi connectivity index (χ3v) is 3.25. The van der Waals surface area contributed by atoms with E-state index in [2.05, 4.69) is 20.5 Å². The summed E-state index contributed by atoms with van der Waals surface area (Å²) in [5.41, 5.74) is 2.07. The summed E-state index contributed by atoms with van der Waals surface area (Å²) in [7, 11) is 1.70. The molecule has 0 fully saturated rings. The van der Waals surface area contributed by atoms with Crippen molar-refractivity contribution in [2.75, 3.05) is 5.32 Å². The Kier molecular flexibility index (Phi) is 3.88. The highest BCUT2D eigenvalue weighted by atomic mass is 19.1. The number of aryl methyl sites for hydroxylation is 2. The van der Waals surface area contributed by atoms with E-state index in [4.69, 9.17) is 0 Å². The predicted molar refractivity (Wildman–Crippen MR) is 81.4 cm³/mol. The fraction of sp³-hybridized carbons (Fsp3) is 0.200. The Balaban J connectivity index is 1.68. The lowest BCUT2D eigenvalue weighted by Crippen LogP contribution is -2.17. The van der Waals surface area contributed by atoms with Crippen LogP contribution < -0.4 is 5.32 Å². The summed E-state index contributed by atoms with van der Waals surface area (Å²) in [4.78, 5) is 16.2. The van der Waals surface area contributed by atoms with Gasteiger partial charge in [0.15, 0.2) is 0 Å². The minimum absolute atomic E-state index is 0.205. The average molecular weight is 314 g/mol. The van der Waals surface area contributed by atoms with E-state index in [0.717, 1.165) is 11.3 Å². The van der Waals surface area contributed by atoms with Gasteiger partial charge in [-0.25, -0.2) is 14.1 Å². The number of carbonyl (C=O) groups is 1. The molecule has 1 amide bonds. The van der Waals surface area contributed by atoms with Crippen LogP contribution >= 0.6 is 0 Å². The second-order valence-electron chi connectivity index (χ2n) is 5.14. The maximum Gasteiger partial charge on any atom is 0.276 e. The topological polar surface area (TPSA) is 77.6 Å². The Morgan fingerprint density at radius 1 is 1.26 bits per heavy atom. The van der Waals surface area contributed by atoms with Crippen LogP contribution in [-0.4, -0.2) is 30.5 Å². The molecule has 3 rings (SSSR count). The zero-order valence-corrected chi connectivity index (χ0v) is 12.7. The number of aromatic nitrogens is 5. The van der Waals surface area contributed by atoms with E-state index in [-0.39, 0.29) is 17.7 Å². The molecule has 0 spiro atoms. The highest BCUT2D eigenvalue weighted by Crippen LogP contribution is 2.08. The number of hydrogen-bond donors (Lipinski definition) is 1. The van der Waals surface area contributed by atoms with E-state index in [9.17, 15) is 9.18 Å². The first kappa shape index (κ1) is 14.9. The number of nitrogens with one attached hydrogen (secondary N) is 1. The monoisotopic (exact) mass is 314 g/mol. The van der Waals surface area contributed by atoms with Crippen molar-refractivity contribution in [3.05, 3.63) is 59.4 Å². The molecule has 0 aliphatic carbocycles. The molecular weight excluding hydrogens is 299 g/mol. The summed E-state index contributed by atoms with van der Waals surface area (Å²) in [5, 5.41) is 10.9. The molecule has 0 saturated carbocycles. The largest absolute Gasteiger partial charge is 0.288 e. The quantitative estimate of drug-likeness (QED) is 0.796. The molecule has 8 heteroatoms. The predicted octanol–water partition coefficient (Wildman–Crippen LogP) is 1.76. The van der Waals surface area contributed by atoms with Gasteiger partial charge in [0.2, 0.25) is 5.95 Å². The van der Waals surface area contributed by atoms with Gasteiger partial charge in [-0.3, -0.25) is 14.8 Å². The van der Waals surface area contributed by atoms with Gasteiger partial charge >= 0.3 is 0 Å². The first-order valence-corrected chi connectivity index (χ1v) is 6.97. The second-order valence-corrected chi connectivity index (χ2v) is 5.14. The van der Waals surface area contributed by atoms with Crippen molar-refractivity contribution in [2.24, 2.45) is 7.05 Å². The third-order valence-electron chi connectivity index (χ3n) is 3.25. The highest BCUT2D eigenvalue weighted by Gasteiger charge is 2.14. The first-order valence-electron chi connectivity index (χ1n) is 6.97. The normalized spacial score (nSPS) is 10.7. The minimum atomic E-state index is -0.326. The van der Waals surface area contributed by atoms with Crippen LogP contribution in [0.2, 0.25) is 0 Å². The smallest absolute Gasteiger partial charge is 0.276 e. The molecule has 1 aromatic carbocycles. The molecule has 1 N–H and O–H groups in total. The van der Waals surface area contributed by atoms with E-state index in [0.29, 0.717) is 12.2 Å². The molecule has 0 atom stereocenters. The molecule has 0 saturated heterocycles. The van der Waals surface area contributed by atoms with E-state index >= 15 is 0 Å². The lowest BCUT2D eigenvalue weighted by Gasteiger charge is -2.02. The minimum Gasteiger partial charge on any atom is -0.288 e. The summed E-state index contributed by atoms with van der Waals surface area (Å²) in [6, 6.07) is 7.81. The number of rotatable bonds is 4. The van der Waals surface area contributed by atoms with Crippen molar-refractivity contribution in [1.82, 2.24) is 24.5 Å². The molecule has 2 aromatic heterocycles. The van der Waals surface area contributed by atoms with Gasteiger partial charge in [0.05, 0.1) is 12.2 Å². The van der Waals surface area contributed by atoms with Gasteiger partial charge in [0.1, 0.15) is 17.8 Å². The maximum atomic E-state index is 12.9. The number of carbonyl (C=O) groups excluding carboxylic acids is 1. The van der Waals surface area contributed by atoms with Gasteiger partial charge < -0.3 is 0 Å². The molecular formula is C15H15FN6O. The summed E-state index contributed by atoms with van der Waals surface area (Å²) in [6.45, 7) is 2.25. The van der Waals surface area contributed by atoms with Crippen molar-refractivity contribution in [2.45, 2.75) is 13.5 Å². The number of hydrogen-bond acceptors (Lipinski definition) is 4. The Labute approximate surface area is 131 Å². The van der Waals surface area contributed by atoms with Crippen molar-refractivity contribution < 1.29 is 9.18 Å². The van der Waals surface area contributed by atoms with Crippen molar-refractivity contribution >= 4 is 11.9 Å². The van der Waals surface area contributed by atoms with Gasteiger partial charge in [-0.1, -0.05) is 12.1 Å². The molecule has 0 aliphatic heterocycles. The van der Waals surface area contributed by atoms with Crippen molar-refractivity contribution in [3.63, 3.8) is 0 Å². The summed E-state index contributed by atoms with van der Waals surface area (Å²) in [6.07, 6.45) is 1.51. The summed E-state index contributed by atoms with van der Waals surface area (Å²) >= 11 is 0. The van der Waals surface area contributed by atoms with E-state index in [1.807, 2.05) is 6.92 Å². The molecule has 0 radical (unpaired) electrons. The molecule has 0 aliphatic rings. The Morgan fingerprint density at radius 3 is 2.65 bits per heavy atom. The fourth-order valence-electron chi connectivity index (χ4n) is 2.19. The van der Waals surface area contributed by atoms with E-state index in [1.54, 1.807) is 29.9 Å². The van der Waals surface area contributed by atoms with Crippen molar-refractivity contribution in [1.29, 1.82) is 0 Å². The van der Waals surface area contributed by atoms with Crippen LogP contribution in [0.25, 0.3) is 0 Å². The summed E-state index contributed by atoms with van der Waals surface area (Å²) in [5.74, 6) is -0.407. The summed E-state index contributed by atoms with van der Waals surface area (Å²) < 4.78 is 15.9. The van der Waals surface area contributed by atoms with Gasteiger partial charge in [-0.05, 0) is 30.7 Å². The van der Waals surface area contributed by atoms with Crippen LogP contribution in [0.15, 0.2) is 36.7 Å². The van der Waals surface area contributed by atoms with Crippen molar-refractivity contribution in [3.8, 4) is 0 Å². The zero-order chi connectivity index (χ0) is 16.4. The number of anilines is 1. The first-order chi connectivity index (χ1) is 11.0. The Hall–Kier alpha value is -3.03.